The molecule has 1 N–H and O–H groups in total. The first-order valence-electron chi connectivity index (χ1n) is 9.05. The molecule has 0 spiro atoms. The second kappa shape index (κ2) is 6.25. The van der Waals surface area contributed by atoms with Crippen molar-refractivity contribution in [3.8, 4) is 0 Å². The highest BCUT2D eigenvalue weighted by atomic mass is 32.1. The molecule has 0 saturated carbocycles. The largest absolute Gasteiger partial charge is 0.325 e. The molecule has 1 unspecified atom stereocenters. The van der Waals surface area contributed by atoms with Gasteiger partial charge in [-0.3, -0.25) is 18.9 Å². The molecule has 3 amide bonds. The molecular weight excluding hydrogens is 388 g/mol. The molecule has 1 aliphatic rings. The Balaban J connectivity index is 1.54. The summed E-state index contributed by atoms with van der Waals surface area (Å²) >= 11 is 1.32. The monoisotopic (exact) mass is 404 g/mol. The highest BCUT2D eigenvalue weighted by Gasteiger charge is 2.49. The fraction of sp³-hybridized carbons (Fsp3) is 0.143. The number of hydrogen-bond donors (Lipinski definition) is 1. The summed E-state index contributed by atoms with van der Waals surface area (Å²) in [4.78, 5) is 44.3. The number of thiazole rings is 1. The molecule has 29 heavy (non-hydrogen) atoms. The van der Waals surface area contributed by atoms with Gasteiger partial charge in [0.25, 0.3) is 11.5 Å². The molecule has 0 bridgehead atoms. The van der Waals surface area contributed by atoms with Gasteiger partial charge >= 0.3 is 6.03 Å². The number of imide groups is 1. The summed E-state index contributed by atoms with van der Waals surface area (Å²) in [6.45, 7) is 1.65. The summed E-state index contributed by atoms with van der Waals surface area (Å²) in [5.74, 6) is -0.368. The van der Waals surface area contributed by atoms with Gasteiger partial charge in [-0.25, -0.2) is 9.78 Å². The van der Waals surface area contributed by atoms with Crippen LogP contribution in [0, 0.1) is 0 Å². The third-order valence-corrected chi connectivity index (χ3v) is 6.04. The minimum atomic E-state index is -1.19. The summed E-state index contributed by atoms with van der Waals surface area (Å²) in [6.07, 6.45) is 1.64. The minimum Gasteiger partial charge on any atom is -0.319 e. The molecule has 1 aliphatic heterocycles. The smallest absolute Gasteiger partial charge is 0.319 e. The van der Waals surface area contributed by atoms with E-state index < -0.39 is 11.6 Å². The topological polar surface area (TPSA) is 83.8 Å². The normalized spacial score (nSPS) is 19.3. The maximum absolute atomic E-state index is 13.3. The van der Waals surface area contributed by atoms with Crippen LogP contribution in [0.3, 0.4) is 0 Å². The van der Waals surface area contributed by atoms with Crippen LogP contribution >= 0.6 is 11.3 Å². The van der Waals surface area contributed by atoms with Crippen molar-refractivity contribution in [3.63, 3.8) is 0 Å². The fourth-order valence-corrected chi connectivity index (χ4v) is 4.55. The SMILES string of the molecule is CC1(c2cccc3ccccc23)NC(=O)N(Cc2cc(=O)n3ccsc3n2)C1=O. The van der Waals surface area contributed by atoms with Crippen LogP contribution in [0.4, 0.5) is 4.79 Å². The van der Waals surface area contributed by atoms with E-state index >= 15 is 0 Å². The molecule has 4 aromatic rings. The lowest BCUT2D eigenvalue weighted by atomic mass is 9.88. The maximum atomic E-state index is 13.3. The zero-order chi connectivity index (χ0) is 20.2. The Bertz CT molecular complexity index is 1350. The molecule has 144 valence electrons. The van der Waals surface area contributed by atoms with Gasteiger partial charge in [-0.1, -0.05) is 42.5 Å². The number of nitrogens with one attached hydrogen (secondary N) is 1. The summed E-state index contributed by atoms with van der Waals surface area (Å²) in [6, 6.07) is 14.3. The molecule has 3 heterocycles. The Morgan fingerprint density at radius 2 is 1.90 bits per heavy atom. The molecule has 1 saturated heterocycles. The van der Waals surface area contributed by atoms with Crippen molar-refractivity contribution in [2.45, 2.75) is 19.0 Å². The third-order valence-electron chi connectivity index (χ3n) is 5.28. The van der Waals surface area contributed by atoms with Gasteiger partial charge in [-0.2, -0.15) is 0 Å². The van der Waals surface area contributed by atoms with Crippen LogP contribution in [0.1, 0.15) is 18.2 Å². The standard InChI is InChI=1S/C21H16N4O3S/c1-21(16-8-4-6-13-5-2-3-7-15(13)16)18(27)25(19(28)23-21)12-14-11-17(26)24-9-10-29-20(24)22-14/h2-11H,12H2,1H3,(H,23,28). The number of hydrogen-bond acceptors (Lipinski definition) is 5. The predicted molar refractivity (Wildman–Crippen MR) is 110 cm³/mol. The van der Waals surface area contributed by atoms with Crippen LogP contribution in [-0.4, -0.2) is 26.2 Å². The van der Waals surface area contributed by atoms with E-state index in [1.165, 1.54) is 21.8 Å². The second-order valence-electron chi connectivity index (χ2n) is 7.11. The van der Waals surface area contributed by atoms with Gasteiger partial charge in [-0.05, 0) is 23.3 Å². The zero-order valence-corrected chi connectivity index (χ0v) is 16.3. The van der Waals surface area contributed by atoms with Gasteiger partial charge in [0.15, 0.2) is 4.96 Å². The van der Waals surface area contributed by atoms with Crippen LogP contribution in [-0.2, 0) is 16.9 Å². The zero-order valence-electron chi connectivity index (χ0n) is 15.5. The van der Waals surface area contributed by atoms with E-state index in [1.807, 2.05) is 42.5 Å². The third kappa shape index (κ3) is 2.64. The van der Waals surface area contributed by atoms with E-state index in [1.54, 1.807) is 18.5 Å². The van der Waals surface area contributed by atoms with Crippen molar-refractivity contribution in [2.75, 3.05) is 0 Å². The van der Waals surface area contributed by atoms with E-state index in [0.717, 1.165) is 21.2 Å². The van der Waals surface area contributed by atoms with Gasteiger partial charge < -0.3 is 5.32 Å². The van der Waals surface area contributed by atoms with E-state index in [4.69, 9.17) is 0 Å². The van der Waals surface area contributed by atoms with E-state index in [0.29, 0.717) is 10.7 Å². The number of nitrogens with zero attached hydrogens (tertiary/aromatic N) is 3. The van der Waals surface area contributed by atoms with Crippen molar-refractivity contribution in [1.29, 1.82) is 0 Å². The van der Waals surface area contributed by atoms with Crippen molar-refractivity contribution in [3.05, 3.63) is 81.7 Å². The molecule has 0 radical (unpaired) electrons. The number of rotatable bonds is 3. The number of benzene rings is 2. The van der Waals surface area contributed by atoms with Crippen molar-refractivity contribution < 1.29 is 9.59 Å². The number of carbonyl (C=O) groups excluding carboxylic acids is 2. The average Bonchev–Trinajstić information content (AvgIpc) is 3.27. The lowest BCUT2D eigenvalue weighted by Gasteiger charge is -2.24. The molecule has 5 rings (SSSR count). The van der Waals surface area contributed by atoms with Gasteiger partial charge in [0, 0.05) is 17.6 Å². The first kappa shape index (κ1) is 17.6. The molecule has 1 atom stereocenters. The lowest BCUT2D eigenvalue weighted by Crippen LogP contribution is -2.41. The number of carbonyl (C=O) groups is 2. The molecule has 0 aliphatic carbocycles. The van der Waals surface area contributed by atoms with E-state index in [9.17, 15) is 14.4 Å². The number of amides is 3. The Hall–Kier alpha value is -3.52. The Kier molecular flexibility index (Phi) is 3.78. The average molecular weight is 404 g/mol. The Morgan fingerprint density at radius 1 is 1.10 bits per heavy atom. The van der Waals surface area contributed by atoms with Gasteiger partial charge in [0.1, 0.15) is 5.54 Å². The molecule has 8 heteroatoms. The summed E-state index contributed by atoms with van der Waals surface area (Å²) in [5.41, 5.74) is -0.323. The Morgan fingerprint density at radius 3 is 2.76 bits per heavy atom. The summed E-state index contributed by atoms with van der Waals surface area (Å²) in [7, 11) is 0. The molecule has 2 aromatic heterocycles. The second-order valence-corrected chi connectivity index (χ2v) is 7.99. The summed E-state index contributed by atoms with van der Waals surface area (Å²) in [5, 5.41) is 6.49. The lowest BCUT2D eigenvalue weighted by molar-refractivity contribution is -0.131. The van der Waals surface area contributed by atoms with Crippen LogP contribution in [0.5, 0.6) is 0 Å². The summed E-state index contributed by atoms with van der Waals surface area (Å²) < 4.78 is 1.43. The van der Waals surface area contributed by atoms with Gasteiger partial charge in [-0.15, -0.1) is 11.3 Å². The number of fused-ring (bicyclic) bond motifs is 2. The Labute approximate surface area is 169 Å². The van der Waals surface area contributed by atoms with Crippen molar-refractivity contribution in [1.82, 2.24) is 19.6 Å². The first-order valence-corrected chi connectivity index (χ1v) is 9.93. The number of aromatic nitrogens is 2. The maximum Gasteiger partial charge on any atom is 0.325 e. The van der Waals surface area contributed by atoms with E-state index in [2.05, 4.69) is 10.3 Å². The van der Waals surface area contributed by atoms with Crippen LogP contribution in [0.2, 0.25) is 0 Å². The van der Waals surface area contributed by atoms with E-state index in [-0.39, 0.29) is 18.0 Å². The highest BCUT2D eigenvalue weighted by Crippen LogP contribution is 2.34. The fourth-order valence-electron chi connectivity index (χ4n) is 3.82. The van der Waals surface area contributed by atoms with Gasteiger partial charge in [0.2, 0.25) is 0 Å². The quantitative estimate of drug-likeness (QED) is 0.532. The predicted octanol–water partition coefficient (Wildman–Crippen LogP) is 2.88. The molecule has 2 aromatic carbocycles. The number of urea groups is 1. The minimum absolute atomic E-state index is 0.0609. The molecular formula is C21H16N4O3S. The molecule has 1 fully saturated rings. The van der Waals surface area contributed by atoms with Crippen LogP contribution in [0.25, 0.3) is 15.7 Å². The van der Waals surface area contributed by atoms with Crippen molar-refractivity contribution in [2.24, 2.45) is 0 Å². The van der Waals surface area contributed by atoms with Crippen LogP contribution < -0.4 is 10.9 Å². The van der Waals surface area contributed by atoms with Gasteiger partial charge in [0.05, 0.1) is 12.2 Å². The van der Waals surface area contributed by atoms with Crippen molar-refractivity contribution >= 4 is 39.0 Å². The highest BCUT2D eigenvalue weighted by molar-refractivity contribution is 7.15. The van der Waals surface area contributed by atoms with Crippen LogP contribution in [0.15, 0.2) is 64.9 Å². The first-order chi connectivity index (χ1) is 14.0. The molecule has 7 nitrogen and oxygen atoms in total.